The molecule has 132 valence electrons. The van der Waals surface area contributed by atoms with Crippen LogP contribution in [0.25, 0.3) is 0 Å². The quantitative estimate of drug-likeness (QED) is 0.435. The summed E-state index contributed by atoms with van der Waals surface area (Å²) in [5.74, 6) is -0.461. The van der Waals surface area contributed by atoms with Gasteiger partial charge in [0.15, 0.2) is 0 Å². The van der Waals surface area contributed by atoms with E-state index in [9.17, 15) is 8.78 Å². The van der Waals surface area contributed by atoms with Crippen molar-refractivity contribution in [3.8, 4) is 0 Å². The summed E-state index contributed by atoms with van der Waals surface area (Å²) in [6.45, 7) is 7.69. The smallest absolute Gasteiger partial charge is 0.207 e. The average Bonchev–Trinajstić information content (AvgIpc) is 2.43. The van der Waals surface area contributed by atoms with Crippen molar-refractivity contribution in [3.05, 3.63) is 0 Å². The first kappa shape index (κ1) is 19.9. The molecule has 0 aromatic carbocycles. The van der Waals surface area contributed by atoms with Crippen LogP contribution in [0.1, 0.15) is 98.3 Å². The molecule has 22 heavy (non-hydrogen) atoms. The number of rotatable bonds is 8. The molecule has 0 nitrogen and oxygen atoms in total. The number of halogens is 2. The minimum absolute atomic E-state index is 0.425. The molecule has 1 aliphatic carbocycles. The van der Waals surface area contributed by atoms with E-state index >= 15 is 0 Å². The van der Waals surface area contributed by atoms with E-state index in [0.29, 0.717) is 12.8 Å². The van der Waals surface area contributed by atoms with Crippen molar-refractivity contribution < 1.29 is 8.78 Å². The Morgan fingerprint density at radius 2 is 1.73 bits per heavy atom. The van der Waals surface area contributed by atoms with Gasteiger partial charge >= 0.3 is 0 Å². The van der Waals surface area contributed by atoms with Gasteiger partial charge in [-0.1, -0.05) is 72.1 Å². The molecule has 4 atom stereocenters. The summed E-state index contributed by atoms with van der Waals surface area (Å²) >= 11 is 0. The molecule has 1 saturated carbocycles. The molecule has 1 fully saturated rings. The van der Waals surface area contributed by atoms with Crippen molar-refractivity contribution >= 4 is 0 Å². The summed E-state index contributed by atoms with van der Waals surface area (Å²) in [7, 11) is 0. The van der Waals surface area contributed by atoms with E-state index in [0.717, 1.165) is 31.1 Å². The van der Waals surface area contributed by atoms with Crippen LogP contribution < -0.4 is 0 Å². The highest BCUT2D eigenvalue weighted by Gasteiger charge is 2.32. The van der Waals surface area contributed by atoms with Crippen LogP contribution in [0.3, 0.4) is 0 Å². The van der Waals surface area contributed by atoms with Crippen molar-refractivity contribution in [2.24, 2.45) is 23.7 Å². The van der Waals surface area contributed by atoms with Crippen molar-refractivity contribution in [1.29, 1.82) is 0 Å². The molecule has 1 unspecified atom stereocenters. The molecule has 0 amide bonds. The maximum atomic E-state index is 13.5. The standard InChI is InChI=1S/C20H38F2/c1-5-16(3)18-13-9-7-8-11-17(15-18)12-10-14-19(6-2)20(4,21)22/h16-19H,5-15H2,1-4H3/t16-,17?,18+,19+/m0/s1. The zero-order chi connectivity index (χ0) is 16.6. The average molecular weight is 317 g/mol. The monoisotopic (exact) mass is 316 g/mol. The molecule has 0 N–H and O–H groups in total. The Labute approximate surface area is 137 Å². The molecule has 2 heteroatoms. The van der Waals surface area contributed by atoms with Gasteiger partial charge in [-0.05, 0) is 43.9 Å². The van der Waals surface area contributed by atoms with Crippen molar-refractivity contribution in [2.45, 2.75) is 104 Å². The molecule has 0 saturated heterocycles. The molecule has 1 aliphatic rings. The van der Waals surface area contributed by atoms with Gasteiger partial charge in [-0.15, -0.1) is 0 Å². The van der Waals surface area contributed by atoms with Gasteiger partial charge in [-0.25, -0.2) is 8.78 Å². The molecule has 1 rings (SSSR count). The Bertz CT molecular complexity index is 282. The zero-order valence-electron chi connectivity index (χ0n) is 15.3. The summed E-state index contributed by atoms with van der Waals surface area (Å²) in [5, 5.41) is 0. The third kappa shape index (κ3) is 6.96. The second-order valence-corrected chi connectivity index (χ2v) is 7.88. The van der Waals surface area contributed by atoms with Crippen molar-refractivity contribution in [3.63, 3.8) is 0 Å². The molecule has 0 bridgehead atoms. The summed E-state index contributed by atoms with van der Waals surface area (Å²) in [6.07, 6.45) is 12.9. The van der Waals surface area contributed by atoms with E-state index in [1.807, 2.05) is 6.92 Å². The van der Waals surface area contributed by atoms with E-state index in [1.54, 1.807) is 0 Å². The first-order valence-corrected chi connectivity index (χ1v) is 9.76. The maximum Gasteiger partial charge on any atom is 0.248 e. The Hall–Kier alpha value is -0.140. The normalized spacial score (nSPS) is 27.0. The topological polar surface area (TPSA) is 0 Å². The Morgan fingerprint density at radius 3 is 2.32 bits per heavy atom. The van der Waals surface area contributed by atoms with E-state index in [1.165, 1.54) is 51.4 Å². The summed E-state index contributed by atoms with van der Waals surface area (Å²) in [5.41, 5.74) is 0. The molecular weight excluding hydrogens is 278 g/mol. The van der Waals surface area contributed by atoms with Crippen LogP contribution in [0.15, 0.2) is 0 Å². The van der Waals surface area contributed by atoms with Gasteiger partial charge in [0, 0.05) is 5.92 Å². The predicted octanol–water partition coefficient (Wildman–Crippen LogP) is 7.47. The van der Waals surface area contributed by atoms with Crippen LogP contribution in [0.2, 0.25) is 0 Å². The Morgan fingerprint density at radius 1 is 1.05 bits per heavy atom. The lowest BCUT2D eigenvalue weighted by Gasteiger charge is -2.30. The lowest BCUT2D eigenvalue weighted by Crippen LogP contribution is -2.24. The fraction of sp³-hybridized carbons (Fsp3) is 1.00. The molecule has 0 aliphatic heterocycles. The predicted molar refractivity (Wildman–Crippen MR) is 92.4 cm³/mol. The van der Waals surface area contributed by atoms with Crippen LogP contribution >= 0.6 is 0 Å². The highest BCUT2D eigenvalue weighted by Crippen LogP contribution is 2.36. The fourth-order valence-electron chi connectivity index (χ4n) is 4.26. The first-order valence-electron chi connectivity index (χ1n) is 9.76. The lowest BCUT2D eigenvalue weighted by atomic mass is 9.76. The Kier molecular flexibility index (Phi) is 8.94. The molecule has 0 aromatic rings. The molecule has 0 heterocycles. The number of alkyl halides is 2. The van der Waals surface area contributed by atoms with Gasteiger partial charge in [-0.3, -0.25) is 0 Å². The van der Waals surface area contributed by atoms with E-state index in [-0.39, 0.29) is 0 Å². The Balaban J connectivity index is 2.44. The SMILES string of the molecule is CC[C@H](CCCC1CCCCC[C@@H]([C@@H](C)CC)C1)C(C)(F)F. The summed E-state index contributed by atoms with van der Waals surface area (Å²) in [4.78, 5) is 0. The van der Waals surface area contributed by atoms with Crippen LogP contribution in [-0.2, 0) is 0 Å². The van der Waals surface area contributed by atoms with Gasteiger partial charge < -0.3 is 0 Å². The second-order valence-electron chi connectivity index (χ2n) is 7.88. The number of hydrogen-bond donors (Lipinski definition) is 0. The second kappa shape index (κ2) is 9.88. The molecule has 0 spiro atoms. The molecule has 0 aromatic heterocycles. The van der Waals surface area contributed by atoms with Gasteiger partial charge in [0.25, 0.3) is 0 Å². The molecular formula is C20H38F2. The van der Waals surface area contributed by atoms with Gasteiger partial charge in [0.2, 0.25) is 5.92 Å². The van der Waals surface area contributed by atoms with Gasteiger partial charge in [0.05, 0.1) is 0 Å². The summed E-state index contributed by atoms with van der Waals surface area (Å²) in [6, 6.07) is 0. The van der Waals surface area contributed by atoms with Crippen LogP contribution in [0, 0.1) is 23.7 Å². The van der Waals surface area contributed by atoms with Crippen LogP contribution in [0.5, 0.6) is 0 Å². The summed E-state index contributed by atoms with van der Waals surface area (Å²) < 4.78 is 27.0. The molecule has 0 radical (unpaired) electrons. The number of hydrogen-bond acceptors (Lipinski definition) is 0. The third-order valence-corrected chi connectivity index (χ3v) is 6.15. The highest BCUT2D eigenvalue weighted by molar-refractivity contribution is 4.76. The minimum Gasteiger partial charge on any atom is -0.207 e. The largest absolute Gasteiger partial charge is 0.248 e. The van der Waals surface area contributed by atoms with Crippen molar-refractivity contribution in [2.75, 3.05) is 0 Å². The zero-order valence-corrected chi connectivity index (χ0v) is 15.3. The van der Waals surface area contributed by atoms with Crippen LogP contribution in [-0.4, -0.2) is 5.92 Å². The highest BCUT2D eigenvalue weighted by atomic mass is 19.3. The lowest BCUT2D eigenvalue weighted by molar-refractivity contribution is -0.0453. The van der Waals surface area contributed by atoms with Crippen molar-refractivity contribution in [1.82, 2.24) is 0 Å². The van der Waals surface area contributed by atoms with E-state index in [4.69, 9.17) is 0 Å². The van der Waals surface area contributed by atoms with E-state index < -0.39 is 11.8 Å². The van der Waals surface area contributed by atoms with Gasteiger partial charge in [-0.2, -0.15) is 0 Å². The van der Waals surface area contributed by atoms with E-state index in [2.05, 4.69) is 13.8 Å². The fourth-order valence-corrected chi connectivity index (χ4v) is 4.26. The third-order valence-electron chi connectivity index (χ3n) is 6.15. The van der Waals surface area contributed by atoms with Crippen LogP contribution in [0.4, 0.5) is 8.78 Å². The first-order chi connectivity index (χ1) is 10.4. The van der Waals surface area contributed by atoms with Gasteiger partial charge in [0.1, 0.15) is 0 Å². The maximum absolute atomic E-state index is 13.5. The minimum atomic E-state index is -2.51.